The van der Waals surface area contributed by atoms with Crippen molar-refractivity contribution < 1.29 is 13.9 Å². The zero-order valence-corrected chi connectivity index (χ0v) is 15.4. The minimum Gasteiger partial charge on any atom is -0.463 e. The Morgan fingerprint density at radius 1 is 1.31 bits per heavy atom. The van der Waals surface area contributed by atoms with Crippen LogP contribution in [0.15, 0.2) is 47.2 Å². The number of rotatable bonds is 4. The van der Waals surface area contributed by atoms with Crippen LogP contribution in [0.3, 0.4) is 0 Å². The molecule has 0 saturated carbocycles. The van der Waals surface area contributed by atoms with Gasteiger partial charge in [0.25, 0.3) is 11.1 Å². The predicted molar refractivity (Wildman–Crippen MR) is 101 cm³/mol. The predicted octanol–water partition coefficient (Wildman–Crippen LogP) is 4.71. The maximum Gasteiger partial charge on any atom is 0.281 e. The topological polar surface area (TPSA) is 68.5 Å². The summed E-state index contributed by atoms with van der Waals surface area (Å²) in [4.78, 5) is 22.8. The molecule has 1 amide bonds. The summed E-state index contributed by atoms with van der Waals surface area (Å²) < 4.78 is 12.4. The molecule has 0 spiro atoms. The summed E-state index contributed by atoms with van der Waals surface area (Å²) in [6, 6.07) is 9.34. The third kappa shape index (κ3) is 2.90. The van der Waals surface area contributed by atoms with Crippen molar-refractivity contribution in [1.82, 2.24) is 14.9 Å². The van der Waals surface area contributed by atoms with Crippen molar-refractivity contribution in [2.75, 3.05) is 7.05 Å². The van der Waals surface area contributed by atoms with Gasteiger partial charge in [-0.15, -0.1) is 0 Å². The number of aromatic nitrogens is 2. The Hall–Kier alpha value is -2.93. The number of benzene rings is 1. The lowest BCUT2D eigenvalue weighted by Gasteiger charge is -2.20. The van der Waals surface area contributed by atoms with Crippen LogP contribution in [0.2, 0.25) is 0 Å². The van der Waals surface area contributed by atoms with Crippen LogP contribution in [0.4, 0.5) is 0 Å². The fourth-order valence-electron chi connectivity index (χ4n) is 2.56. The van der Waals surface area contributed by atoms with Crippen molar-refractivity contribution in [3.63, 3.8) is 0 Å². The van der Waals surface area contributed by atoms with Crippen LogP contribution in [0.5, 0.6) is 10.9 Å². The fourth-order valence-corrected chi connectivity index (χ4v) is 3.35. The van der Waals surface area contributed by atoms with Gasteiger partial charge >= 0.3 is 0 Å². The monoisotopic (exact) mass is 367 g/mol. The van der Waals surface area contributed by atoms with Gasteiger partial charge in [0.15, 0.2) is 5.65 Å². The number of nitrogens with zero attached hydrogens (tertiary/aromatic N) is 3. The van der Waals surface area contributed by atoms with Gasteiger partial charge in [-0.05, 0) is 38.1 Å². The summed E-state index contributed by atoms with van der Waals surface area (Å²) in [6.45, 7) is 3.94. The van der Waals surface area contributed by atoms with Crippen LogP contribution in [0.25, 0.3) is 21.3 Å². The normalized spacial score (nSPS) is 11.4. The lowest BCUT2D eigenvalue weighted by Crippen LogP contribution is -2.32. The van der Waals surface area contributed by atoms with Gasteiger partial charge in [-0.3, -0.25) is 4.79 Å². The van der Waals surface area contributed by atoms with Crippen LogP contribution >= 0.6 is 11.3 Å². The number of thiazole rings is 1. The number of hydrogen-bond donors (Lipinski definition) is 0. The fraction of sp³-hybridized carbons (Fsp3) is 0.211. The Labute approximate surface area is 154 Å². The smallest absolute Gasteiger partial charge is 0.281 e. The Balaban J connectivity index is 1.63. The molecule has 0 N–H and O–H groups in total. The van der Waals surface area contributed by atoms with E-state index in [0.717, 1.165) is 10.1 Å². The Bertz CT molecular complexity index is 1070. The largest absolute Gasteiger partial charge is 0.463 e. The zero-order chi connectivity index (χ0) is 18.3. The molecular formula is C19H17N3O3S. The maximum absolute atomic E-state index is 12.6. The van der Waals surface area contributed by atoms with Crippen LogP contribution in [0, 0.1) is 0 Å². The second-order valence-corrected chi connectivity index (χ2v) is 7.22. The molecule has 0 aliphatic heterocycles. The summed E-state index contributed by atoms with van der Waals surface area (Å²) in [5, 5.41) is 1.28. The zero-order valence-electron chi connectivity index (χ0n) is 14.6. The Morgan fingerprint density at radius 3 is 2.92 bits per heavy atom. The molecule has 0 unspecified atom stereocenters. The average Bonchev–Trinajstić information content (AvgIpc) is 3.23. The molecule has 0 fully saturated rings. The second-order valence-electron chi connectivity index (χ2n) is 6.22. The number of furan rings is 1. The van der Waals surface area contributed by atoms with Crippen molar-refractivity contribution in [2.45, 2.75) is 19.9 Å². The molecule has 132 valence electrons. The summed E-state index contributed by atoms with van der Waals surface area (Å²) >= 11 is 1.43. The summed E-state index contributed by atoms with van der Waals surface area (Å²) in [5.41, 5.74) is 1.81. The Kier molecular flexibility index (Phi) is 4.08. The lowest BCUT2D eigenvalue weighted by molar-refractivity contribution is 0.0756. The van der Waals surface area contributed by atoms with Crippen molar-refractivity contribution >= 4 is 38.6 Å². The van der Waals surface area contributed by atoms with Crippen LogP contribution < -0.4 is 4.74 Å². The van der Waals surface area contributed by atoms with Gasteiger partial charge in [-0.25, -0.2) is 4.98 Å². The van der Waals surface area contributed by atoms with E-state index in [0.29, 0.717) is 27.7 Å². The van der Waals surface area contributed by atoms with Gasteiger partial charge in [0, 0.05) is 30.7 Å². The molecule has 7 heteroatoms. The number of hydrogen-bond acceptors (Lipinski definition) is 6. The van der Waals surface area contributed by atoms with Crippen molar-refractivity contribution in [3.8, 4) is 10.9 Å². The van der Waals surface area contributed by atoms with Crippen LogP contribution in [-0.2, 0) is 0 Å². The highest BCUT2D eigenvalue weighted by Crippen LogP contribution is 2.33. The molecule has 3 aromatic heterocycles. The first-order chi connectivity index (χ1) is 12.5. The highest BCUT2D eigenvalue weighted by molar-refractivity contribution is 7.20. The standard InChI is InChI=1S/C19H17N3O3S/c1-11(2)22(3)18(23)14-10-24-15-9-12(6-7-13(14)15)25-19-21-17-16(26-19)5-4-8-20-17/h4-11H,1-3H3. The van der Waals surface area contributed by atoms with Crippen molar-refractivity contribution in [1.29, 1.82) is 0 Å². The lowest BCUT2D eigenvalue weighted by atomic mass is 10.1. The number of fused-ring (bicyclic) bond motifs is 2. The van der Waals surface area contributed by atoms with Gasteiger partial charge < -0.3 is 14.1 Å². The molecule has 4 aromatic rings. The molecule has 0 saturated heterocycles. The van der Waals surface area contributed by atoms with E-state index in [-0.39, 0.29) is 11.9 Å². The molecule has 3 heterocycles. The molecule has 0 aliphatic carbocycles. The second kappa shape index (κ2) is 6.42. The molecule has 0 atom stereocenters. The first-order valence-electron chi connectivity index (χ1n) is 8.21. The number of carbonyl (C=O) groups is 1. The van der Waals surface area contributed by atoms with Crippen molar-refractivity contribution in [3.05, 3.63) is 48.4 Å². The number of carbonyl (C=O) groups excluding carboxylic acids is 1. The highest BCUT2D eigenvalue weighted by atomic mass is 32.1. The van der Waals surface area contributed by atoms with E-state index in [4.69, 9.17) is 9.15 Å². The van der Waals surface area contributed by atoms with E-state index in [1.807, 2.05) is 38.1 Å². The number of amides is 1. The quantitative estimate of drug-likeness (QED) is 0.522. The van der Waals surface area contributed by atoms with Gasteiger partial charge in [0.1, 0.15) is 17.6 Å². The van der Waals surface area contributed by atoms with Gasteiger partial charge in [-0.2, -0.15) is 4.98 Å². The van der Waals surface area contributed by atoms with E-state index < -0.39 is 0 Å². The van der Waals surface area contributed by atoms with E-state index >= 15 is 0 Å². The van der Waals surface area contributed by atoms with E-state index in [1.165, 1.54) is 17.6 Å². The molecule has 6 nitrogen and oxygen atoms in total. The summed E-state index contributed by atoms with van der Waals surface area (Å²) in [7, 11) is 1.78. The van der Waals surface area contributed by atoms with E-state index in [1.54, 1.807) is 24.2 Å². The number of ether oxygens (including phenoxy) is 1. The molecule has 4 rings (SSSR count). The van der Waals surface area contributed by atoms with E-state index in [2.05, 4.69) is 9.97 Å². The van der Waals surface area contributed by atoms with Gasteiger partial charge in [0.2, 0.25) is 0 Å². The van der Waals surface area contributed by atoms with Gasteiger partial charge in [-0.1, -0.05) is 11.3 Å². The van der Waals surface area contributed by atoms with Crippen molar-refractivity contribution in [2.24, 2.45) is 0 Å². The first-order valence-corrected chi connectivity index (χ1v) is 9.02. The van der Waals surface area contributed by atoms with Crippen LogP contribution in [-0.4, -0.2) is 33.9 Å². The third-order valence-electron chi connectivity index (χ3n) is 4.22. The molecule has 26 heavy (non-hydrogen) atoms. The molecule has 0 radical (unpaired) electrons. The van der Waals surface area contributed by atoms with E-state index in [9.17, 15) is 4.79 Å². The molecular weight excluding hydrogens is 350 g/mol. The SMILES string of the molecule is CC(C)N(C)C(=O)c1coc2cc(Oc3nc4ncccc4s3)ccc12. The first kappa shape index (κ1) is 16.5. The minimum atomic E-state index is -0.0651. The Morgan fingerprint density at radius 2 is 2.15 bits per heavy atom. The van der Waals surface area contributed by atoms with Crippen LogP contribution in [0.1, 0.15) is 24.2 Å². The minimum absolute atomic E-state index is 0.0651. The summed E-state index contributed by atoms with van der Waals surface area (Å²) in [5.74, 6) is 0.534. The highest BCUT2D eigenvalue weighted by Gasteiger charge is 2.20. The third-order valence-corrected chi connectivity index (χ3v) is 5.11. The van der Waals surface area contributed by atoms with Gasteiger partial charge in [0.05, 0.1) is 10.3 Å². The summed E-state index contributed by atoms with van der Waals surface area (Å²) in [6.07, 6.45) is 3.20. The average molecular weight is 367 g/mol. The molecule has 0 bridgehead atoms. The number of pyridine rings is 1. The maximum atomic E-state index is 12.6. The molecule has 1 aromatic carbocycles. The molecule has 0 aliphatic rings.